The number of rotatable bonds is 8. The quantitative estimate of drug-likeness (QED) is 0.344. The molecule has 0 spiro atoms. The van der Waals surface area contributed by atoms with Gasteiger partial charge in [0.2, 0.25) is 5.82 Å². The average Bonchev–Trinajstić information content (AvgIpc) is 3.56. The summed E-state index contributed by atoms with van der Waals surface area (Å²) >= 11 is 0. The van der Waals surface area contributed by atoms with Crippen molar-refractivity contribution < 1.29 is 17.7 Å². The molecule has 0 bridgehead atoms. The molecule has 0 fully saturated rings. The topological polar surface area (TPSA) is 112 Å². The van der Waals surface area contributed by atoms with Crippen LogP contribution >= 0.6 is 0 Å². The van der Waals surface area contributed by atoms with E-state index in [1.807, 2.05) is 47.2 Å². The second kappa shape index (κ2) is 9.43. The molecule has 0 unspecified atom stereocenters. The number of aromatic nitrogens is 4. The van der Waals surface area contributed by atoms with Crippen molar-refractivity contribution in [2.24, 2.45) is 0 Å². The lowest BCUT2D eigenvalue weighted by molar-refractivity contribution is 0.414. The summed E-state index contributed by atoms with van der Waals surface area (Å²) in [7, 11) is -2.02. The lowest BCUT2D eigenvalue weighted by Gasteiger charge is -2.09. The predicted molar refractivity (Wildman–Crippen MR) is 130 cm³/mol. The van der Waals surface area contributed by atoms with Crippen LogP contribution in [0.4, 0.5) is 5.69 Å². The van der Waals surface area contributed by atoms with Gasteiger partial charge < -0.3 is 13.8 Å². The minimum atomic E-state index is -3.63. The second-order valence-corrected chi connectivity index (χ2v) is 9.38. The summed E-state index contributed by atoms with van der Waals surface area (Å²) in [6.07, 6.45) is 3.50. The van der Waals surface area contributed by atoms with Gasteiger partial charge in [-0.05, 0) is 54.1 Å². The van der Waals surface area contributed by atoms with Crippen LogP contribution < -0.4 is 9.46 Å². The van der Waals surface area contributed by atoms with Gasteiger partial charge in [-0.15, -0.1) is 0 Å². The molecular formula is C25H21N5O4S. The molecule has 176 valence electrons. The zero-order chi connectivity index (χ0) is 24.3. The summed E-state index contributed by atoms with van der Waals surface area (Å²) in [6.45, 7) is 0.540. The summed E-state index contributed by atoms with van der Waals surface area (Å²) in [5, 5.41) is 4.04. The van der Waals surface area contributed by atoms with Gasteiger partial charge in [-0.1, -0.05) is 35.5 Å². The third-order valence-corrected chi connectivity index (χ3v) is 6.65. The number of nitrogens with one attached hydrogen (secondary N) is 1. The van der Waals surface area contributed by atoms with Crippen LogP contribution in [0.5, 0.6) is 5.75 Å². The van der Waals surface area contributed by atoms with Gasteiger partial charge in [0.25, 0.3) is 15.9 Å². The Morgan fingerprint density at radius 1 is 0.971 bits per heavy atom. The third kappa shape index (κ3) is 5.07. The van der Waals surface area contributed by atoms with Crippen LogP contribution in [0, 0.1) is 0 Å². The predicted octanol–water partition coefficient (Wildman–Crippen LogP) is 4.46. The molecule has 2 aromatic heterocycles. The first kappa shape index (κ1) is 22.4. The Bertz CT molecular complexity index is 1530. The fourth-order valence-electron chi connectivity index (χ4n) is 3.44. The minimum absolute atomic E-state index is 0.214. The molecule has 3 aromatic carbocycles. The number of benzene rings is 3. The molecule has 0 aliphatic heterocycles. The molecule has 0 radical (unpaired) electrons. The van der Waals surface area contributed by atoms with Gasteiger partial charge in [-0.2, -0.15) is 4.98 Å². The van der Waals surface area contributed by atoms with Crippen LogP contribution in [0.15, 0.2) is 101 Å². The lowest BCUT2D eigenvalue weighted by Crippen LogP contribution is -2.12. The van der Waals surface area contributed by atoms with E-state index < -0.39 is 10.0 Å². The molecule has 5 rings (SSSR count). The fraction of sp³-hybridized carbons (Fsp3) is 0.0800. The fourth-order valence-corrected chi connectivity index (χ4v) is 4.52. The zero-order valence-corrected chi connectivity index (χ0v) is 19.5. The van der Waals surface area contributed by atoms with Crippen molar-refractivity contribution in [2.75, 3.05) is 11.8 Å². The summed E-state index contributed by atoms with van der Waals surface area (Å²) < 4.78 is 40.0. The molecule has 5 aromatic rings. The van der Waals surface area contributed by atoms with E-state index in [0.717, 1.165) is 16.9 Å². The highest BCUT2D eigenvalue weighted by Crippen LogP contribution is 2.23. The first-order valence-electron chi connectivity index (χ1n) is 10.7. The largest absolute Gasteiger partial charge is 0.497 e. The summed E-state index contributed by atoms with van der Waals surface area (Å²) in [5.41, 5.74) is 2.83. The van der Waals surface area contributed by atoms with Crippen molar-refractivity contribution >= 4 is 15.7 Å². The van der Waals surface area contributed by atoms with E-state index in [4.69, 9.17) is 9.26 Å². The van der Waals surface area contributed by atoms with Crippen molar-refractivity contribution in [1.29, 1.82) is 0 Å². The number of anilines is 1. The van der Waals surface area contributed by atoms with Crippen LogP contribution in [-0.2, 0) is 16.6 Å². The molecule has 0 aliphatic carbocycles. The highest BCUT2D eigenvalue weighted by atomic mass is 32.2. The summed E-state index contributed by atoms with van der Waals surface area (Å²) in [4.78, 5) is 9.02. The summed E-state index contributed by atoms with van der Waals surface area (Å²) in [6, 6.07) is 22.8. The van der Waals surface area contributed by atoms with Gasteiger partial charge in [0.1, 0.15) is 11.4 Å². The Balaban J connectivity index is 1.25. The molecule has 0 saturated carbocycles. The Morgan fingerprint density at radius 2 is 1.71 bits per heavy atom. The molecular weight excluding hydrogens is 466 g/mol. The van der Waals surface area contributed by atoms with E-state index in [-0.39, 0.29) is 4.90 Å². The number of sulfonamides is 1. The number of hydrogen-bond acceptors (Lipinski definition) is 7. The molecule has 0 atom stereocenters. The third-order valence-electron chi connectivity index (χ3n) is 5.25. The van der Waals surface area contributed by atoms with Crippen LogP contribution in [-0.4, -0.2) is 35.2 Å². The normalized spacial score (nSPS) is 11.3. The Kier molecular flexibility index (Phi) is 6.02. The van der Waals surface area contributed by atoms with Gasteiger partial charge in [0.15, 0.2) is 0 Å². The van der Waals surface area contributed by atoms with E-state index >= 15 is 0 Å². The average molecular weight is 488 g/mol. The van der Waals surface area contributed by atoms with E-state index in [1.165, 1.54) is 0 Å². The lowest BCUT2D eigenvalue weighted by atomic mass is 10.2. The van der Waals surface area contributed by atoms with Crippen molar-refractivity contribution in [3.8, 4) is 28.7 Å². The molecule has 35 heavy (non-hydrogen) atoms. The van der Waals surface area contributed by atoms with E-state index in [0.29, 0.717) is 29.6 Å². The molecule has 1 N–H and O–H groups in total. The molecule has 9 nitrogen and oxygen atoms in total. The van der Waals surface area contributed by atoms with Crippen LogP contribution in [0.25, 0.3) is 23.0 Å². The molecule has 2 heterocycles. The van der Waals surface area contributed by atoms with Gasteiger partial charge in [-0.3, -0.25) is 4.72 Å². The Morgan fingerprint density at radius 3 is 2.43 bits per heavy atom. The van der Waals surface area contributed by atoms with Gasteiger partial charge in [-0.25, -0.2) is 13.4 Å². The Hall–Kier alpha value is -4.44. The molecule has 0 amide bonds. The van der Waals surface area contributed by atoms with Crippen molar-refractivity contribution in [1.82, 2.24) is 19.7 Å². The van der Waals surface area contributed by atoms with Crippen LogP contribution in [0.1, 0.15) is 5.56 Å². The minimum Gasteiger partial charge on any atom is -0.497 e. The van der Waals surface area contributed by atoms with Gasteiger partial charge in [0, 0.05) is 24.0 Å². The second-order valence-electron chi connectivity index (χ2n) is 7.70. The molecule has 10 heteroatoms. The highest BCUT2D eigenvalue weighted by Gasteiger charge is 2.15. The SMILES string of the molecule is COc1ccc(-c2noc(-c3cn(Cc4ccc(NS(=O)(=O)c5ccccc5)cc4)cn3)n2)cc1. The van der Waals surface area contributed by atoms with Crippen molar-refractivity contribution in [2.45, 2.75) is 11.4 Å². The maximum absolute atomic E-state index is 12.5. The monoisotopic (exact) mass is 487 g/mol. The van der Waals surface area contributed by atoms with Crippen molar-refractivity contribution in [3.63, 3.8) is 0 Å². The first-order valence-corrected chi connectivity index (χ1v) is 12.2. The van der Waals surface area contributed by atoms with Gasteiger partial charge in [0.05, 0.1) is 18.3 Å². The Labute approximate surface area is 202 Å². The smallest absolute Gasteiger partial charge is 0.278 e. The van der Waals surface area contributed by atoms with Crippen LogP contribution in [0.2, 0.25) is 0 Å². The van der Waals surface area contributed by atoms with Gasteiger partial charge >= 0.3 is 0 Å². The summed E-state index contributed by atoms with van der Waals surface area (Å²) in [5.74, 6) is 1.53. The van der Waals surface area contributed by atoms with E-state index in [2.05, 4.69) is 19.8 Å². The van der Waals surface area contributed by atoms with Crippen LogP contribution in [0.3, 0.4) is 0 Å². The van der Waals surface area contributed by atoms with E-state index in [1.54, 1.807) is 55.9 Å². The van der Waals surface area contributed by atoms with Crippen molar-refractivity contribution in [3.05, 3.63) is 97.0 Å². The molecule has 0 aliphatic rings. The number of ether oxygens (including phenoxy) is 1. The highest BCUT2D eigenvalue weighted by molar-refractivity contribution is 7.92. The maximum Gasteiger partial charge on any atom is 0.278 e. The zero-order valence-electron chi connectivity index (χ0n) is 18.7. The number of methoxy groups -OCH3 is 1. The number of hydrogen-bond donors (Lipinski definition) is 1. The number of nitrogens with zero attached hydrogens (tertiary/aromatic N) is 4. The van der Waals surface area contributed by atoms with E-state index in [9.17, 15) is 8.42 Å². The maximum atomic E-state index is 12.5. The number of imidazole rings is 1. The first-order chi connectivity index (χ1) is 17.0. The standard InChI is InChI=1S/C25H21N5O4S/c1-33-21-13-9-19(10-14-21)24-27-25(34-28-24)23-16-30(17-26-23)15-18-7-11-20(12-8-18)29-35(31,32)22-5-3-2-4-6-22/h2-14,16-17,29H,15H2,1H3. The molecule has 0 saturated heterocycles.